The first-order valence-corrected chi connectivity index (χ1v) is 7.76. The summed E-state index contributed by atoms with van der Waals surface area (Å²) in [6.45, 7) is 2.69. The van der Waals surface area contributed by atoms with Crippen LogP contribution < -0.4 is 5.32 Å². The molecule has 118 valence electrons. The van der Waals surface area contributed by atoms with Crippen molar-refractivity contribution in [1.29, 1.82) is 0 Å². The maximum Gasteiger partial charge on any atom is 0.120 e. The fourth-order valence-corrected chi connectivity index (χ4v) is 2.84. The molecule has 3 aromatic rings. The molecule has 1 atom stereocenters. The van der Waals surface area contributed by atoms with E-state index in [1.807, 2.05) is 60.7 Å². The van der Waals surface area contributed by atoms with E-state index in [4.69, 9.17) is 0 Å². The second-order valence-corrected chi connectivity index (χ2v) is 6.03. The molecule has 0 aliphatic rings. The number of nitrogens with one attached hydrogen (secondary N) is 1. The zero-order chi connectivity index (χ0) is 16.3. The topological polar surface area (TPSA) is 52.5 Å². The Morgan fingerprint density at radius 3 is 2.39 bits per heavy atom. The molecule has 3 rings (SSSR count). The lowest BCUT2D eigenvalue weighted by Crippen LogP contribution is -2.35. The average molecular weight is 307 g/mol. The fraction of sp³-hybridized carbons (Fsp3) is 0.200. The molecule has 3 aromatic carbocycles. The Bertz CT molecular complexity index is 797. The van der Waals surface area contributed by atoms with Crippen molar-refractivity contribution < 1.29 is 10.2 Å². The zero-order valence-corrected chi connectivity index (χ0v) is 13.2. The third-order valence-electron chi connectivity index (χ3n) is 4.18. The molecule has 0 amide bonds. The largest absolute Gasteiger partial charge is 0.508 e. The molecule has 0 aromatic heterocycles. The van der Waals surface area contributed by atoms with Gasteiger partial charge in [0.1, 0.15) is 5.75 Å². The van der Waals surface area contributed by atoms with Crippen molar-refractivity contribution in [2.45, 2.75) is 19.1 Å². The summed E-state index contributed by atoms with van der Waals surface area (Å²) in [6, 6.07) is 21.2. The molecule has 0 fully saturated rings. The number of benzene rings is 3. The van der Waals surface area contributed by atoms with E-state index < -0.39 is 5.60 Å². The van der Waals surface area contributed by atoms with Crippen LogP contribution in [0.15, 0.2) is 66.7 Å². The van der Waals surface area contributed by atoms with Crippen LogP contribution in [0, 0.1) is 0 Å². The first-order valence-electron chi connectivity index (χ1n) is 7.76. The van der Waals surface area contributed by atoms with Gasteiger partial charge in [0.15, 0.2) is 0 Å². The molecule has 23 heavy (non-hydrogen) atoms. The van der Waals surface area contributed by atoms with Gasteiger partial charge in [0.25, 0.3) is 0 Å². The SMILES string of the molecule is CC(O)(CNCc1c(O)ccc2ccccc12)c1ccccc1. The Labute approximate surface area is 136 Å². The van der Waals surface area contributed by atoms with E-state index >= 15 is 0 Å². The van der Waals surface area contributed by atoms with Crippen molar-refractivity contribution in [2.75, 3.05) is 6.54 Å². The molecule has 0 saturated carbocycles. The molecule has 3 heteroatoms. The highest BCUT2D eigenvalue weighted by molar-refractivity contribution is 5.87. The van der Waals surface area contributed by atoms with Crippen LogP contribution in [0.3, 0.4) is 0 Å². The minimum Gasteiger partial charge on any atom is -0.508 e. The molecule has 1 unspecified atom stereocenters. The van der Waals surface area contributed by atoms with Gasteiger partial charge >= 0.3 is 0 Å². The van der Waals surface area contributed by atoms with E-state index in [1.165, 1.54) is 0 Å². The average Bonchev–Trinajstić information content (AvgIpc) is 2.57. The molecule has 0 heterocycles. The van der Waals surface area contributed by atoms with Gasteiger partial charge in [-0.15, -0.1) is 0 Å². The van der Waals surface area contributed by atoms with Gasteiger partial charge in [0.2, 0.25) is 0 Å². The molecule has 0 spiro atoms. The van der Waals surface area contributed by atoms with Crippen LogP contribution >= 0.6 is 0 Å². The highest BCUT2D eigenvalue weighted by Crippen LogP contribution is 2.27. The Morgan fingerprint density at radius 2 is 1.61 bits per heavy atom. The number of phenols is 1. The second kappa shape index (κ2) is 6.41. The maximum atomic E-state index is 10.6. The molecule has 0 bridgehead atoms. The summed E-state index contributed by atoms with van der Waals surface area (Å²) < 4.78 is 0. The van der Waals surface area contributed by atoms with Crippen LogP contribution in [-0.4, -0.2) is 16.8 Å². The minimum atomic E-state index is -0.957. The van der Waals surface area contributed by atoms with E-state index in [0.717, 1.165) is 21.9 Å². The third kappa shape index (κ3) is 3.36. The van der Waals surface area contributed by atoms with Gasteiger partial charge in [-0.1, -0.05) is 60.7 Å². The van der Waals surface area contributed by atoms with Crippen molar-refractivity contribution in [3.8, 4) is 5.75 Å². The summed E-state index contributed by atoms with van der Waals surface area (Å²) in [4.78, 5) is 0. The highest BCUT2D eigenvalue weighted by atomic mass is 16.3. The molecular formula is C20H21NO2. The van der Waals surface area contributed by atoms with Crippen LogP contribution in [0.4, 0.5) is 0 Å². The first-order chi connectivity index (χ1) is 11.1. The lowest BCUT2D eigenvalue weighted by Gasteiger charge is -2.24. The van der Waals surface area contributed by atoms with Gasteiger partial charge in [-0.2, -0.15) is 0 Å². The van der Waals surface area contributed by atoms with E-state index in [0.29, 0.717) is 13.1 Å². The number of hydrogen-bond acceptors (Lipinski definition) is 3. The molecule has 0 aliphatic heterocycles. The van der Waals surface area contributed by atoms with Gasteiger partial charge in [-0.25, -0.2) is 0 Å². The minimum absolute atomic E-state index is 0.274. The summed E-state index contributed by atoms with van der Waals surface area (Å²) >= 11 is 0. The fourth-order valence-electron chi connectivity index (χ4n) is 2.84. The maximum absolute atomic E-state index is 10.6. The lowest BCUT2D eigenvalue weighted by molar-refractivity contribution is 0.0566. The lowest BCUT2D eigenvalue weighted by atomic mass is 9.96. The van der Waals surface area contributed by atoms with Crippen molar-refractivity contribution in [3.63, 3.8) is 0 Å². The summed E-state index contributed by atoms with van der Waals surface area (Å²) in [5.74, 6) is 0.274. The summed E-state index contributed by atoms with van der Waals surface area (Å²) in [5.41, 5.74) is 0.767. The molecule has 3 N–H and O–H groups in total. The molecule has 0 radical (unpaired) electrons. The predicted octanol–water partition coefficient (Wildman–Crippen LogP) is 3.54. The van der Waals surface area contributed by atoms with Crippen LogP contribution in [0.5, 0.6) is 5.75 Å². The molecule has 0 saturated heterocycles. The zero-order valence-electron chi connectivity index (χ0n) is 13.2. The van der Waals surface area contributed by atoms with Gasteiger partial charge in [-0.05, 0) is 29.3 Å². The van der Waals surface area contributed by atoms with E-state index in [-0.39, 0.29) is 5.75 Å². The summed E-state index contributed by atoms with van der Waals surface area (Å²) in [6.07, 6.45) is 0. The Balaban J connectivity index is 1.75. The second-order valence-electron chi connectivity index (χ2n) is 6.03. The Kier molecular flexibility index (Phi) is 4.33. The van der Waals surface area contributed by atoms with Gasteiger partial charge in [-0.3, -0.25) is 0 Å². The molecule has 3 nitrogen and oxygen atoms in total. The van der Waals surface area contributed by atoms with Crippen molar-refractivity contribution in [1.82, 2.24) is 5.32 Å². The number of phenolic OH excluding ortho intramolecular Hbond substituents is 1. The Morgan fingerprint density at radius 1 is 0.913 bits per heavy atom. The van der Waals surface area contributed by atoms with Crippen molar-refractivity contribution in [2.24, 2.45) is 0 Å². The quantitative estimate of drug-likeness (QED) is 0.676. The number of rotatable bonds is 5. The van der Waals surface area contributed by atoms with Crippen LogP contribution in [0.1, 0.15) is 18.1 Å². The van der Waals surface area contributed by atoms with E-state index in [2.05, 4.69) is 5.32 Å². The van der Waals surface area contributed by atoms with Gasteiger partial charge in [0, 0.05) is 18.7 Å². The number of aliphatic hydroxyl groups is 1. The summed E-state index contributed by atoms with van der Waals surface area (Å²) in [7, 11) is 0. The third-order valence-corrected chi connectivity index (χ3v) is 4.18. The Hall–Kier alpha value is -2.36. The number of fused-ring (bicyclic) bond motifs is 1. The number of hydrogen-bond donors (Lipinski definition) is 3. The van der Waals surface area contributed by atoms with Crippen molar-refractivity contribution >= 4 is 10.8 Å². The predicted molar refractivity (Wildman–Crippen MR) is 93.3 cm³/mol. The molecule has 0 aliphatic carbocycles. The van der Waals surface area contributed by atoms with Crippen LogP contribution in [-0.2, 0) is 12.1 Å². The smallest absolute Gasteiger partial charge is 0.120 e. The van der Waals surface area contributed by atoms with Gasteiger partial charge in [0.05, 0.1) is 5.60 Å². The van der Waals surface area contributed by atoms with E-state index in [9.17, 15) is 10.2 Å². The first kappa shape index (κ1) is 15.5. The van der Waals surface area contributed by atoms with Gasteiger partial charge < -0.3 is 15.5 Å². The van der Waals surface area contributed by atoms with Crippen LogP contribution in [0.25, 0.3) is 10.8 Å². The number of aromatic hydroxyl groups is 1. The monoisotopic (exact) mass is 307 g/mol. The molecular weight excluding hydrogens is 286 g/mol. The normalized spacial score (nSPS) is 13.8. The van der Waals surface area contributed by atoms with Crippen molar-refractivity contribution in [3.05, 3.63) is 77.9 Å². The van der Waals surface area contributed by atoms with Crippen LogP contribution in [0.2, 0.25) is 0 Å². The summed E-state index contributed by atoms with van der Waals surface area (Å²) in [5, 5.41) is 26.2. The standard InChI is InChI=1S/C20H21NO2/c1-20(23,16-8-3-2-4-9-16)14-21-13-18-17-10-6-5-7-15(17)11-12-19(18)22/h2-12,21-23H,13-14H2,1H3. The van der Waals surface area contributed by atoms with E-state index in [1.54, 1.807) is 13.0 Å². The highest BCUT2D eigenvalue weighted by Gasteiger charge is 2.22.